The molecule has 1 N–H and O–H groups in total. The summed E-state index contributed by atoms with van der Waals surface area (Å²) < 4.78 is 14.0. The molecule has 0 unspecified atom stereocenters. The third-order valence-electron chi connectivity index (χ3n) is 7.72. The van der Waals surface area contributed by atoms with Gasteiger partial charge in [-0.2, -0.15) is 5.10 Å². The van der Waals surface area contributed by atoms with E-state index in [0.717, 1.165) is 71.4 Å². The first kappa shape index (κ1) is 22.2. The standard InChI is InChI=1S/C30H25N7O2/c1-2-6-26-23(5-1)22(18-38-26)16-36-12-3-4-21(15-36)30-35-34-29(39-30)19-7-9-25-24(14-19)28(33-32-25)20-8-10-27-31-11-13-37(27)17-20/h1-2,5-11,13-14,17-18,21H,3-4,12,15-16H2,(H,32,33)/t21-/m1/s1. The van der Waals surface area contributed by atoms with Crippen LogP contribution >= 0.6 is 0 Å². The number of H-pyrrole nitrogens is 1. The molecular formula is C30H25N7O2. The zero-order valence-corrected chi connectivity index (χ0v) is 21.1. The van der Waals surface area contributed by atoms with Gasteiger partial charge in [-0.15, -0.1) is 10.2 Å². The number of para-hydroxylation sites is 1. The van der Waals surface area contributed by atoms with Crippen molar-refractivity contribution in [3.05, 3.63) is 90.9 Å². The zero-order chi connectivity index (χ0) is 25.8. The molecule has 1 fully saturated rings. The summed E-state index contributed by atoms with van der Waals surface area (Å²) >= 11 is 0. The molecule has 1 aliphatic heterocycles. The van der Waals surface area contributed by atoms with Gasteiger partial charge in [-0.1, -0.05) is 18.2 Å². The van der Waals surface area contributed by atoms with Crippen LogP contribution in [0.25, 0.3) is 50.2 Å². The van der Waals surface area contributed by atoms with Crippen molar-refractivity contribution in [3.8, 4) is 22.7 Å². The highest BCUT2D eigenvalue weighted by Crippen LogP contribution is 2.33. The number of rotatable bonds is 5. The molecule has 9 nitrogen and oxygen atoms in total. The average Bonchev–Trinajstić information content (AvgIpc) is 3.79. The number of hydrogen-bond acceptors (Lipinski definition) is 7. The molecule has 0 spiro atoms. The maximum atomic E-state index is 6.27. The Bertz CT molecular complexity index is 1940. The largest absolute Gasteiger partial charge is 0.464 e. The molecule has 0 bridgehead atoms. The predicted molar refractivity (Wildman–Crippen MR) is 147 cm³/mol. The van der Waals surface area contributed by atoms with Crippen molar-refractivity contribution in [2.24, 2.45) is 0 Å². The maximum Gasteiger partial charge on any atom is 0.247 e. The van der Waals surface area contributed by atoms with Crippen LogP contribution in [0.1, 0.15) is 30.2 Å². The number of hydrogen-bond donors (Lipinski definition) is 1. The van der Waals surface area contributed by atoms with Crippen LogP contribution in [-0.4, -0.2) is 47.8 Å². The van der Waals surface area contributed by atoms with Crippen LogP contribution in [0.3, 0.4) is 0 Å². The molecule has 9 heteroatoms. The summed E-state index contributed by atoms with van der Waals surface area (Å²) in [6.45, 7) is 2.77. The van der Waals surface area contributed by atoms with E-state index in [9.17, 15) is 0 Å². The molecule has 6 heterocycles. The van der Waals surface area contributed by atoms with E-state index in [1.54, 1.807) is 6.20 Å². The molecule has 1 aliphatic rings. The number of nitrogens with zero attached hydrogens (tertiary/aromatic N) is 6. The van der Waals surface area contributed by atoms with Crippen molar-refractivity contribution < 1.29 is 8.83 Å². The quantitative estimate of drug-likeness (QED) is 0.298. The lowest BCUT2D eigenvalue weighted by Crippen LogP contribution is -2.33. The highest BCUT2D eigenvalue weighted by Gasteiger charge is 2.27. The third kappa shape index (κ3) is 3.90. The van der Waals surface area contributed by atoms with E-state index in [2.05, 4.69) is 48.5 Å². The normalized spacial score (nSPS) is 16.6. The molecule has 5 aromatic heterocycles. The number of pyridine rings is 1. The molecule has 8 rings (SSSR count). The number of imidazole rings is 1. The van der Waals surface area contributed by atoms with E-state index in [-0.39, 0.29) is 5.92 Å². The summed E-state index contributed by atoms with van der Waals surface area (Å²) in [5, 5.41) is 18.8. The second kappa shape index (κ2) is 8.92. The summed E-state index contributed by atoms with van der Waals surface area (Å²) in [7, 11) is 0. The number of likely N-dealkylation sites (tertiary alicyclic amines) is 1. The van der Waals surface area contributed by atoms with Crippen LogP contribution in [0, 0.1) is 0 Å². The first-order valence-corrected chi connectivity index (χ1v) is 13.2. The van der Waals surface area contributed by atoms with Gasteiger partial charge < -0.3 is 13.2 Å². The molecule has 1 atom stereocenters. The summed E-state index contributed by atoms with van der Waals surface area (Å²) in [5.41, 5.74) is 6.76. The second-order valence-electron chi connectivity index (χ2n) is 10.2. The fourth-order valence-electron chi connectivity index (χ4n) is 5.74. The Hall–Kier alpha value is -4.76. The Labute approximate surface area is 223 Å². The van der Waals surface area contributed by atoms with Gasteiger partial charge in [0.05, 0.1) is 17.7 Å². The Morgan fingerprint density at radius 2 is 1.95 bits per heavy atom. The van der Waals surface area contributed by atoms with Crippen LogP contribution in [0.15, 0.2) is 88.3 Å². The Balaban J connectivity index is 1.05. The van der Waals surface area contributed by atoms with E-state index < -0.39 is 0 Å². The highest BCUT2D eigenvalue weighted by atomic mass is 16.4. The van der Waals surface area contributed by atoms with Gasteiger partial charge in [-0.3, -0.25) is 10.00 Å². The molecule has 7 aromatic rings. The fourth-order valence-corrected chi connectivity index (χ4v) is 5.74. The Kier molecular flexibility index (Phi) is 5.09. The summed E-state index contributed by atoms with van der Waals surface area (Å²) in [6, 6.07) is 18.3. The third-order valence-corrected chi connectivity index (χ3v) is 7.72. The monoisotopic (exact) mass is 515 g/mol. The zero-order valence-electron chi connectivity index (χ0n) is 21.1. The highest BCUT2D eigenvalue weighted by molar-refractivity contribution is 5.95. The summed E-state index contributed by atoms with van der Waals surface area (Å²) in [5.74, 6) is 1.43. The minimum atomic E-state index is 0.202. The van der Waals surface area contributed by atoms with E-state index >= 15 is 0 Å². The summed E-state index contributed by atoms with van der Waals surface area (Å²) in [4.78, 5) is 6.79. The predicted octanol–water partition coefficient (Wildman–Crippen LogP) is 6.05. The number of benzene rings is 2. The second-order valence-corrected chi connectivity index (χ2v) is 10.2. The van der Waals surface area contributed by atoms with E-state index in [4.69, 9.17) is 8.83 Å². The SMILES string of the molecule is c1ccc2c(CN3CCC[C@@H](c4nnc(-c5ccc6[nH]nc(-c7ccc8nccn8c7)c6c5)o4)C3)coc2c1. The van der Waals surface area contributed by atoms with E-state index in [0.29, 0.717) is 11.8 Å². The number of piperidine rings is 1. The van der Waals surface area contributed by atoms with Crippen molar-refractivity contribution >= 4 is 27.5 Å². The molecule has 0 radical (unpaired) electrons. The molecule has 192 valence electrons. The lowest BCUT2D eigenvalue weighted by atomic mass is 9.97. The van der Waals surface area contributed by atoms with Gasteiger partial charge in [0.1, 0.15) is 16.9 Å². The Morgan fingerprint density at radius 1 is 1.00 bits per heavy atom. The minimum Gasteiger partial charge on any atom is -0.464 e. The van der Waals surface area contributed by atoms with Crippen LogP contribution < -0.4 is 0 Å². The first-order chi connectivity index (χ1) is 19.3. The van der Waals surface area contributed by atoms with Crippen molar-refractivity contribution in [2.45, 2.75) is 25.3 Å². The van der Waals surface area contributed by atoms with Gasteiger partial charge in [0, 0.05) is 59.1 Å². The molecule has 2 aromatic carbocycles. The topological polar surface area (TPSA) is 101 Å². The van der Waals surface area contributed by atoms with E-state index in [1.165, 1.54) is 10.9 Å². The number of fused-ring (bicyclic) bond motifs is 3. The van der Waals surface area contributed by atoms with Crippen LogP contribution in [0.5, 0.6) is 0 Å². The van der Waals surface area contributed by atoms with Crippen molar-refractivity contribution in [1.82, 2.24) is 34.7 Å². The van der Waals surface area contributed by atoms with Gasteiger partial charge in [-0.05, 0) is 55.8 Å². The molecule has 39 heavy (non-hydrogen) atoms. The number of furan rings is 1. The fraction of sp³-hybridized carbons (Fsp3) is 0.200. The maximum absolute atomic E-state index is 6.27. The molecule has 0 amide bonds. The average molecular weight is 516 g/mol. The van der Waals surface area contributed by atoms with Crippen LogP contribution in [0.2, 0.25) is 0 Å². The number of nitrogens with one attached hydrogen (secondary N) is 1. The van der Waals surface area contributed by atoms with Crippen molar-refractivity contribution in [3.63, 3.8) is 0 Å². The molecule has 0 saturated carbocycles. The van der Waals surface area contributed by atoms with Gasteiger partial charge >= 0.3 is 0 Å². The molecule has 0 aliphatic carbocycles. The molecular weight excluding hydrogens is 490 g/mol. The minimum absolute atomic E-state index is 0.202. The van der Waals surface area contributed by atoms with Gasteiger partial charge in [0.2, 0.25) is 11.8 Å². The van der Waals surface area contributed by atoms with Gasteiger partial charge in [0.15, 0.2) is 0 Å². The number of aromatic nitrogens is 6. The van der Waals surface area contributed by atoms with Crippen LogP contribution in [0.4, 0.5) is 0 Å². The van der Waals surface area contributed by atoms with Gasteiger partial charge in [0.25, 0.3) is 0 Å². The first-order valence-electron chi connectivity index (χ1n) is 13.2. The van der Waals surface area contributed by atoms with Crippen molar-refractivity contribution in [2.75, 3.05) is 13.1 Å². The lowest BCUT2D eigenvalue weighted by Gasteiger charge is -2.30. The van der Waals surface area contributed by atoms with E-state index in [1.807, 2.05) is 59.5 Å². The number of aromatic amines is 1. The summed E-state index contributed by atoms with van der Waals surface area (Å²) in [6.07, 6.45) is 9.76. The van der Waals surface area contributed by atoms with Gasteiger partial charge in [-0.25, -0.2) is 4.98 Å². The van der Waals surface area contributed by atoms with Crippen LogP contribution in [-0.2, 0) is 6.54 Å². The smallest absolute Gasteiger partial charge is 0.247 e. The molecule has 1 saturated heterocycles. The van der Waals surface area contributed by atoms with Crippen molar-refractivity contribution in [1.29, 1.82) is 0 Å². The lowest BCUT2D eigenvalue weighted by molar-refractivity contribution is 0.186. The Morgan fingerprint density at radius 3 is 2.95 bits per heavy atom.